The third kappa shape index (κ3) is 4.60. The topological polar surface area (TPSA) is 63.9 Å². The summed E-state index contributed by atoms with van der Waals surface area (Å²) < 4.78 is 28.5. The number of allylic oxidation sites excluding steroid dienone is 4. The van der Waals surface area contributed by atoms with Crippen molar-refractivity contribution in [2.45, 2.75) is 32.2 Å². The number of halogens is 2. The first-order valence-corrected chi connectivity index (χ1v) is 11.0. The van der Waals surface area contributed by atoms with E-state index in [0.717, 1.165) is 17.7 Å². The smallest absolute Gasteiger partial charge is 0.244 e. The number of rotatable bonds is 4. The molecule has 0 radical (unpaired) electrons. The van der Waals surface area contributed by atoms with E-state index >= 15 is 0 Å². The van der Waals surface area contributed by atoms with Gasteiger partial charge >= 0.3 is 0 Å². The van der Waals surface area contributed by atoms with E-state index in [1.807, 2.05) is 11.0 Å². The minimum Gasteiger partial charge on any atom is -0.340 e. The SMILES string of the molecule is O=C(Cn1nc(C2=CC=C(F)CC2)nc1-c1ccc(F)cc1)N1CCc2cccnc2CC1. The average Bonchev–Trinajstić information content (AvgIpc) is 3.11. The highest BCUT2D eigenvalue weighted by Gasteiger charge is 2.23. The molecule has 3 heterocycles. The van der Waals surface area contributed by atoms with Crippen molar-refractivity contribution >= 4 is 11.5 Å². The predicted octanol–water partition coefficient (Wildman–Crippen LogP) is 4.14. The molecule has 1 aliphatic heterocycles. The monoisotopic (exact) mass is 447 g/mol. The molecule has 2 aliphatic rings. The number of carbonyl (C=O) groups is 1. The van der Waals surface area contributed by atoms with E-state index < -0.39 is 0 Å². The fourth-order valence-corrected chi connectivity index (χ4v) is 4.21. The van der Waals surface area contributed by atoms with Gasteiger partial charge < -0.3 is 4.90 Å². The molecule has 0 bridgehead atoms. The second-order valence-corrected chi connectivity index (χ2v) is 8.22. The van der Waals surface area contributed by atoms with Crippen LogP contribution in [-0.2, 0) is 24.2 Å². The molecule has 0 N–H and O–H groups in total. The number of aromatic nitrogens is 4. The van der Waals surface area contributed by atoms with Gasteiger partial charge in [0.1, 0.15) is 18.2 Å². The molecule has 0 spiro atoms. The Bertz CT molecular complexity index is 1220. The summed E-state index contributed by atoms with van der Waals surface area (Å²) in [6, 6.07) is 9.92. The second-order valence-electron chi connectivity index (χ2n) is 8.22. The number of amides is 1. The maximum atomic E-state index is 13.5. The maximum Gasteiger partial charge on any atom is 0.244 e. The van der Waals surface area contributed by atoms with Crippen LogP contribution in [0.4, 0.5) is 8.78 Å². The quantitative estimate of drug-likeness (QED) is 0.603. The van der Waals surface area contributed by atoms with Gasteiger partial charge in [-0.05, 0) is 60.4 Å². The number of carbonyl (C=O) groups excluding carboxylic acids is 1. The molecule has 0 unspecified atom stereocenters. The van der Waals surface area contributed by atoms with Gasteiger partial charge in [0.15, 0.2) is 11.6 Å². The van der Waals surface area contributed by atoms with Crippen molar-refractivity contribution in [1.82, 2.24) is 24.6 Å². The summed E-state index contributed by atoms with van der Waals surface area (Å²) in [5.41, 5.74) is 3.68. The zero-order valence-corrected chi connectivity index (χ0v) is 18.0. The van der Waals surface area contributed by atoms with Crippen molar-refractivity contribution in [3.63, 3.8) is 0 Å². The van der Waals surface area contributed by atoms with Gasteiger partial charge in [0, 0.05) is 43.4 Å². The highest BCUT2D eigenvalue weighted by atomic mass is 19.1. The Kier molecular flexibility index (Phi) is 5.81. The van der Waals surface area contributed by atoms with Crippen LogP contribution in [0.1, 0.15) is 29.9 Å². The van der Waals surface area contributed by atoms with Gasteiger partial charge in [-0.15, -0.1) is 0 Å². The molecule has 0 saturated carbocycles. The number of hydrogen-bond donors (Lipinski definition) is 0. The summed E-state index contributed by atoms with van der Waals surface area (Å²) in [5, 5.41) is 4.59. The molecule has 0 atom stereocenters. The molecule has 0 saturated heterocycles. The average molecular weight is 447 g/mol. The van der Waals surface area contributed by atoms with Crippen LogP contribution in [0.3, 0.4) is 0 Å². The lowest BCUT2D eigenvalue weighted by Crippen LogP contribution is -2.36. The summed E-state index contributed by atoms with van der Waals surface area (Å²) in [6.45, 7) is 1.21. The van der Waals surface area contributed by atoms with Gasteiger partial charge in [-0.1, -0.05) is 12.1 Å². The fourth-order valence-electron chi connectivity index (χ4n) is 4.21. The van der Waals surface area contributed by atoms with Crippen molar-refractivity contribution in [3.8, 4) is 11.4 Å². The predicted molar refractivity (Wildman–Crippen MR) is 120 cm³/mol. The Hall–Kier alpha value is -3.68. The van der Waals surface area contributed by atoms with Crippen LogP contribution in [-0.4, -0.2) is 43.6 Å². The first-order valence-electron chi connectivity index (χ1n) is 11.0. The second kappa shape index (κ2) is 9.05. The lowest BCUT2D eigenvalue weighted by molar-refractivity contribution is -0.131. The molecule has 5 rings (SSSR count). The maximum absolute atomic E-state index is 13.5. The first-order chi connectivity index (χ1) is 16.1. The lowest BCUT2D eigenvalue weighted by atomic mass is 10.0. The molecular formula is C25H23F2N5O. The van der Waals surface area contributed by atoms with E-state index in [0.29, 0.717) is 49.6 Å². The molecule has 8 heteroatoms. The zero-order valence-electron chi connectivity index (χ0n) is 18.0. The van der Waals surface area contributed by atoms with E-state index in [1.165, 1.54) is 23.8 Å². The molecule has 0 fully saturated rings. The third-order valence-corrected chi connectivity index (χ3v) is 6.05. The standard InChI is InChI=1S/C25H23F2N5O/c26-20-7-3-18(4-8-20)24-29-25(19-5-9-21(27)10-6-19)32(30-24)16-23(33)31-14-11-17-2-1-13-28-22(17)12-15-31/h1-3,5-7,9-10,13H,4,8,11-12,14-16H2. The van der Waals surface area contributed by atoms with Crippen LogP contribution in [0.2, 0.25) is 0 Å². The number of fused-ring (bicyclic) bond motifs is 1. The molecule has 1 aliphatic carbocycles. The number of hydrogen-bond acceptors (Lipinski definition) is 4. The van der Waals surface area contributed by atoms with E-state index in [-0.39, 0.29) is 24.1 Å². The Morgan fingerprint density at radius 1 is 0.970 bits per heavy atom. The first kappa shape index (κ1) is 21.2. The fraction of sp³-hybridized carbons (Fsp3) is 0.280. The van der Waals surface area contributed by atoms with Crippen LogP contribution < -0.4 is 0 Å². The van der Waals surface area contributed by atoms with Crippen molar-refractivity contribution in [1.29, 1.82) is 0 Å². The van der Waals surface area contributed by atoms with Crippen LogP contribution in [0, 0.1) is 5.82 Å². The van der Waals surface area contributed by atoms with E-state index in [4.69, 9.17) is 0 Å². The molecule has 2 aromatic heterocycles. The lowest BCUT2D eigenvalue weighted by Gasteiger charge is -2.20. The summed E-state index contributed by atoms with van der Waals surface area (Å²) in [6.07, 6.45) is 7.13. The van der Waals surface area contributed by atoms with Crippen LogP contribution in [0.15, 0.2) is 60.6 Å². The van der Waals surface area contributed by atoms with Crippen LogP contribution >= 0.6 is 0 Å². The molecule has 33 heavy (non-hydrogen) atoms. The van der Waals surface area contributed by atoms with Gasteiger partial charge in [0.05, 0.1) is 0 Å². The van der Waals surface area contributed by atoms with Gasteiger partial charge in [-0.25, -0.2) is 18.4 Å². The van der Waals surface area contributed by atoms with Crippen LogP contribution in [0.25, 0.3) is 17.0 Å². The molecular weight excluding hydrogens is 424 g/mol. The van der Waals surface area contributed by atoms with Gasteiger partial charge in [0.25, 0.3) is 0 Å². The highest BCUT2D eigenvalue weighted by Crippen LogP contribution is 2.28. The van der Waals surface area contributed by atoms with Gasteiger partial charge in [-0.3, -0.25) is 9.78 Å². The van der Waals surface area contributed by atoms with E-state index in [2.05, 4.69) is 21.1 Å². The Morgan fingerprint density at radius 3 is 2.58 bits per heavy atom. The minimum atomic E-state index is -0.352. The highest BCUT2D eigenvalue weighted by molar-refractivity contribution is 5.77. The van der Waals surface area contributed by atoms with Gasteiger partial charge in [0.2, 0.25) is 5.91 Å². The number of nitrogens with zero attached hydrogens (tertiary/aromatic N) is 5. The molecule has 168 valence electrons. The summed E-state index contributed by atoms with van der Waals surface area (Å²) >= 11 is 0. The largest absolute Gasteiger partial charge is 0.340 e. The molecule has 1 aromatic carbocycles. The van der Waals surface area contributed by atoms with Crippen molar-refractivity contribution in [3.05, 3.63) is 83.5 Å². The third-order valence-electron chi connectivity index (χ3n) is 6.05. The van der Waals surface area contributed by atoms with Crippen molar-refractivity contribution in [2.75, 3.05) is 13.1 Å². The number of pyridine rings is 1. The van der Waals surface area contributed by atoms with Gasteiger partial charge in [-0.2, -0.15) is 5.10 Å². The van der Waals surface area contributed by atoms with E-state index in [1.54, 1.807) is 29.1 Å². The number of benzene rings is 1. The zero-order chi connectivity index (χ0) is 22.8. The Labute approximate surface area is 190 Å². The normalized spacial score (nSPS) is 16.0. The Morgan fingerprint density at radius 2 is 1.79 bits per heavy atom. The summed E-state index contributed by atoms with van der Waals surface area (Å²) in [4.78, 5) is 24.1. The molecule has 3 aromatic rings. The molecule has 1 amide bonds. The van der Waals surface area contributed by atoms with Crippen LogP contribution in [0.5, 0.6) is 0 Å². The summed E-state index contributed by atoms with van der Waals surface area (Å²) in [5.74, 6) is 0.344. The summed E-state index contributed by atoms with van der Waals surface area (Å²) in [7, 11) is 0. The van der Waals surface area contributed by atoms with E-state index in [9.17, 15) is 13.6 Å². The van der Waals surface area contributed by atoms with Crippen molar-refractivity contribution in [2.24, 2.45) is 0 Å². The molecule has 6 nitrogen and oxygen atoms in total. The van der Waals surface area contributed by atoms with Crippen molar-refractivity contribution < 1.29 is 13.6 Å². The minimum absolute atomic E-state index is 0.0148. The Balaban J connectivity index is 1.41.